The predicted molar refractivity (Wildman–Crippen MR) is 57.7 cm³/mol. The molecule has 1 aromatic rings. The number of alkyl halides is 2. The fourth-order valence-electron chi connectivity index (χ4n) is 1.05. The summed E-state index contributed by atoms with van der Waals surface area (Å²) in [6.45, 7) is 0. The van der Waals surface area contributed by atoms with Crippen molar-refractivity contribution >= 4 is 34.2 Å². The summed E-state index contributed by atoms with van der Waals surface area (Å²) in [4.78, 5) is 15.0. The van der Waals surface area contributed by atoms with Crippen LogP contribution in [0.1, 0.15) is 22.3 Å². The summed E-state index contributed by atoms with van der Waals surface area (Å²) in [7, 11) is 1.11. The minimum Gasteiger partial charge on any atom is -0.465 e. The molecule has 0 aromatic carbocycles. The summed E-state index contributed by atoms with van der Waals surface area (Å²) in [5.41, 5.74) is 4.32. The zero-order valence-electron chi connectivity index (χ0n) is 7.63. The van der Waals surface area contributed by atoms with Gasteiger partial charge >= 0.3 is 5.97 Å². The van der Waals surface area contributed by atoms with E-state index in [0.717, 1.165) is 13.3 Å². The van der Waals surface area contributed by atoms with Gasteiger partial charge in [0.25, 0.3) is 6.43 Å². The molecule has 0 fully saturated rings. The maximum Gasteiger partial charge on any atom is 0.341 e. The third-order valence-electron chi connectivity index (χ3n) is 1.71. The van der Waals surface area contributed by atoms with Gasteiger partial charge in [0.2, 0.25) is 0 Å². The summed E-state index contributed by atoms with van der Waals surface area (Å²) in [5, 5.41) is 0. The lowest BCUT2D eigenvalue weighted by Crippen LogP contribution is -2.12. The molecule has 0 saturated heterocycles. The molecule has 15 heavy (non-hydrogen) atoms. The molecule has 1 aromatic heterocycles. The lowest BCUT2D eigenvalue weighted by molar-refractivity contribution is 0.0587. The van der Waals surface area contributed by atoms with Crippen molar-refractivity contribution in [3.8, 4) is 0 Å². The number of pyridine rings is 1. The zero-order valence-corrected chi connectivity index (χ0v) is 9.79. The normalized spacial score (nSPS) is 10.5. The van der Waals surface area contributed by atoms with E-state index >= 15 is 0 Å². The van der Waals surface area contributed by atoms with Gasteiger partial charge in [0.1, 0.15) is 9.26 Å². The Balaban J connectivity index is 3.45. The van der Waals surface area contributed by atoms with E-state index < -0.39 is 18.0 Å². The van der Waals surface area contributed by atoms with Crippen LogP contribution < -0.4 is 5.73 Å². The molecule has 0 aliphatic carbocycles. The van der Waals surface area contributed by atoms with Crippen LogP contribution >= 0.6 is 22.6 Å². The van der Waals surface area contributed by atoms with Gasteiger partial charge in [-0.3, -0.25) is 0 Å². The number of aromatic nitrogens is 1. The lowest BCUT2D eigenvalue weighted by atomic mass is 10.1. The second-order valence-electron chi connectivity index (χ2n) is 2.59. The van der Waals surface area contributed by atoms with E-state index in [9.17, 15) is 13.6 Å². The monoisotopic (exact) mass is 328 g/mol. The van der Waals surface area contributed by atoms with Crippen LogP contribution in [0.15, 0.2) is 6.20 Å². The zero-order chi connectivity index (χ0) is 11.6. The van der Waals surface area contributed by atoms with Crippen LogP contribution in [-0.2, 0) is 4.74 Å². The van der Waals surface area contributed by atoms with Crippen molar-refractivity contribution in [3.63, 3.8) is 0 Å². The molecule has 1 rings (SSSR count). The highest BCUT2D eigenvalue weighted by atomic mass is 127. The Labute approximate surface area is 98.0 Å². The minimum absolute atomic E-state index is 0.143. The number of rotatable bonds is 2. The molecular formula is C8H7F2IN2O2. The number of hydrogen-bond donors (Lipinski definition) is 1. The molecule has 1 heterocycles. The first-order valence-electron chi connectivity index (χ1n) is 3.79. The molecule has 0 aliphatic rings. The van der Waals surface area contributed by atoms with Crippen LogP contribution in [0.2, 0.25) is 0 Å². The average molecular weight is 328 g/mol. The van der Waals surface area contributed by atoms with E-state index in [0.29, 0.717) is 0 Å². The Hall–Kier alpha value is -0.990. The molecule has 4 nitrogen and oxygen atoms in total. The summed E-state index contributed by atoms with van der Waals surface area (Å²) < 4.78 is 29.8. The molecule has 0 spiro atoms. The minimum atomic E-state index is -2.84. The largest absolute Gasteiger partial charge is 0.465 e. The van der Waals surface area contributed by atoms with Crippen LogP contribution in [0.4, 0.5) is 14.5 Å². The fraction of sp³-hybridized carbons (Fsp3) is 0.250. The van der Waals surface area contributed by atoms with Crippen LogP contribution in [0.5, 0.6) is 0 Å². The van der Waals surface area contributed by atoms with Crippen molar-refractivity contribution in [2.45, 2.75) is 6.43 Å². The highest BCUT2D eigenvalue weighted by molar-refractivity contribution is 14.1. The maximum absolute atomic E-state index is 12.6. The number of esters is 1. The fourth-order valence-corrected chi connectivity index (χ4v) is 1.70. The van der Waals surface area contributed by atoms with Gasteiger partial charge in [0, 0.05) is 0 Å². The molecule has 2 N–H and O–H groups in total. The van der Waals surface area contributed by atoms with E-state index in [2.05, 4.69) is 9.72 Å². The van der Waals surface area contributed by atoms with E-state index in [-0.39, 0.29) is 15.0 Å². The summed E-state index contributed by atoms with van der Waals surface area (Å²) >= 11 is 1.67. The van der Waals surface area contributed by atoms with Gasteiger partial charge in [-0.15, -0.1) is 0 Å². The second kappa shape index (κ2) is 4.69. The van der Waals surface area contributed by atoms with Crippen molar-refractivity contribution < 1.29 is 18.3 Å². The van der Waals surface area contributed by atoms with Crippen molar-refractivity contribution in [1.29, 1.82) is 0 Å². The highest BCUT2D eigenvalue weighted by Crippen LogP contribution is 2.30. The van der Waals surface area contributed by atoms with E-state index in [1.54, 1.807) is 22.6 Å². The SMILES string of the molecule is COC(=O)c1c(I)ncc(N)c1C(F)F. The third kappa shape index (κ3) is 2.33. The maximum atomic E-state index is 12.6. The smallest absolute Gasteiger partial charge is 0.341 e. The van der Waals surface area contributed by atoms with Gasteiger partial charge in [-0.05, 0) is 22.6 Å². The van der Waals surface area contributed by atoms with Crippen molar-refractivity contribution in [1.82, 2.24) is 4.98 Å². The molecule has 0 aliphatic heterocycles. The molecule has 0 bridgehead atoms. The molecule has 0 radical (unpaired) electrons. The van der Waals surface area contributed by atoms with Crippen molar-refractivity contribution in [3.05, 3.63) is 21.0 Å². The number of nitrogen functional groups attached to an aromatic ring is 1. The number of carbonyl (C=O) groups excluding carboxylic acids is 1. The summed E-state index contributed by atoms with van der Waals surface area (Å²) in [5.74, 6) is -0.866. The van der Waals surface area contributed by atoms with Crippen molar-refractivity contribution in [2.24, 2.45) is 0 Å². The Morgan fingerprint density at radius 1 is 1.67 bits per heavy atom. The summed E-state index contributed by atoms with van der Waals surface area (Å²) in [6.07, 6.45) is -1.74. The standard InChI is InChI=1S/C8H7F2IN2O2/c1-15-8(14)5-4(6(9)10)3(12)2-13-7(5)11/h2,6H,12H2,1H3. The number of methoxy groups -OCH3 is 1. The first-order chi connectivity index (χ1) is 6.99. The van der Waals surface area contributed by atoms with Gasteiger partial charge in [0.15, 0.2) is 0 Å². The van der Waals surface area contributed by atoms with Gasteiger partial charge in [0.05, 0.1) is 24.6 Å². The first-order valence-corrected chi connectivity index (χ1v) is 4.87. The molecule has 0 amide bonds. The van der Waals surface area contributed by atoms with E-state index in [4.69, 9.17) is 5.73 Å². The molecule has 0 saturated carbocycles. The number of ether oxygens (including phenoxy) is 1. The number of anilines is 1. The van der Waals surface area contributed by atoms with Gasteiger partial charge in [-0.25, -0.2) is 18.6 Å². The van der Waals surface area contributed by atoms with Crippen LogP contribution in [0.3, 0.4) is 0 Å². The molecular weight excluding hydrogens is 321 g/mol. The van der Waals surface area contributed by atoms with Crippen LogP contribution in [-0.4, -0.2) is 18.1 Å². The number of nitrogens with zero attached hydrogens (tertiary/aromatic N) is 1. The van der Waals surface area contributed by atoms with Gasteiger partial charge < -0.3 is 10.5 Å². The third-order valence-corrected chi connectivity index (χ3v) is 2.53. The Morgan fingerprint density at radius 2 is 2.27 bits per heavy atom. The van der Waals surface area contributed by atoms with Gasteiger partial charge in [-0.1, -0.05) is 0 Å². The van der Waals surface area contributed by atoms with Crippen LogP contribution in [0.25, 0.3) is 0 Å². The Bertz CT molecular complexity index is 398. The van der Waals surface area contributed by atoms with Crippen LogP contribution in [0, 0.1) is 3.70 Å². The summed E-state index contributed by atoms with van der Waals surface area (Å²) in [6, 6.07) is 0. The quantitative estimate of drug-likeness (QED) is 0.512. The predicted octanol–water partition coefficient (Wildman–Crippen LogP) is 1.99. The topological polar surface area (TPSA) is 65.2 Å². The number of hydrogen-bond acceptors (Lipinski definition) is 4. The first kappa shape index (κ1) is 12.1. The Morgan fingerprint density at radius 3 is 2.73 bits per heavy atom. The van der Waals surface area contributed by atoms with Crippen molar-refractivity contribution in [2.75, 3.05) is 12.8 Å². The number of carbonyl (C=O) groups is 1. The average Bonchev–Trinajstić information content (AvgIpc) is 2.19. The highest BCUT2D eigenvalue weighted by Gasteiger charge is 2.25. The lowest BCUT2D eigenvalue weighted by Gasteiger charge is -2.10. The molecule has 7 heteroatoms. The molecule has 0 unspecified atom stereocenters. The molecule has 0 atom stereocenters. The molecule has 82 valence electrons. The second-order valence-corrected chi connectivity index (χ2v) is 3.61. The van der Waals surface area contributed by atoms with E-state index in [1.165, 1.54) is 0 Å². The number of nitrogens with two attached hydrogens (primary N) is 1. The van der Waals surface area contributed by atoms with Gasteiger partial charge in [-0.2, -0.15) is 0 Å². The van der Waals surface area contributed by atoms with E-state index in [1.807, 2.05) is 0 Å². The Kier molecular flexibility index (Phi) is 3.77. The number of halogens is 3.